The van der Waals surface area contributed by atoms with Crippen molar-refractivity contribution in [3.05, 3.63) is 53.6 Å². The number of anilines is 1. The van der Waals surface area contributed by atoms with Crippen molar-refractivity contribution < 1.29 is 23.4 Å². The van der Waals surface area contributed by atoms with Gasteiger partial charge in [0.15, 0.2) is 11.6 Å². The molecule has 110 valence electrons. The van der Waals surface area contributed by atoms with Gasteiger partial charge in [0.2, 0.25) is 0 Å². The van der Waals surface area contributed by atoms with Crippen LogP contribution in [-0.2, 0) is 0 Å². The van der Waals surface area contributed by atoms with Gasteiger partial charge in [-0.2, -0.15) is 0 Å². The molecule has 0 bridgehead atoms. The van der Waals surface area contributed by atoms with E-state index in [4.69, 9.17) is 4.74 Å². The third kappa shape index (κ3) is 3.47. The Morgan fingerprint density at radius 1 is 1.24 bits per heavy atom. The van der Waals surface area contributed by atoms with E-state index < -0.39 is 23.3 Å². The van der Waals surface area contributed by atoms with E-state index in [2.05, 4.69) is 5.32 Å². The number of ether oxygens (including phenoxy) is 1. The van der Waals surface area contributed by atoms with Crippen LogP contribution in [0.2, 0.25) is 0 Å². The lowest BCUT2D eigenvalue weighted by atomic mass is 10.1. The number of hydrogen-bond donors (Lipinski definition) is 2. The Labute approximate surface area is 120 Å². The number of phenolic OH excluding ortho intramolecular Hbond substituents is 1. The molecule has 0 saturated heterocycles. The second-order valence-corrected chi connectivity index (χ2v) is 4.19. The quantitative estimate of drug-likeness (QED) is 0.909. The van der Waals surface area contributed by atoms with Crippen LogP contribution in [0.3, 0.4) is 0 Å². The molecule has 2 rings (SSSR count). The average molecular weight is 293 g/mol. The molecule has 0 fully saturated rings. The van der Waals surface area contributed by atoms with Crippen molar-refractivity contribution in [2.24, 2.45) is 0 Å². The minimum Gasteiger partial charge on any atom is -0.507 e. The molecule has 0 aliphatic carbocycles. The third-order valence-electron chi connectivity index (χ3n) is 2.69. The molecule has 6 heteroatoms. The Morgan fingerprint density at radius 2 is 2.00 bits per heavy atom. The minimum absolute atomic E-state index is 0.0835. The highest BCUT2D eigenvalue weighted by molar-refractivity contribution is 6.06. The van der Waals surface area contributed by atoms with Crippen LogP contribution in [0.25, 0.3) is 0 Å². The molecule has 0 heterocycles. The SMILES string of the molecule is CCOc1ccc(NC(=O)c2ccc(F)cc2O)cc1F. The summed E-state index contributed by atoms with van der Waals surface area (Å²) in [5, 5.41) is 11.9. The average Bonchev–Trinajstić information content (AvgIpc) is 2.41. The molecule has 0 aromatic heterocycles. The summed E-state index contributed by atoms with van der Waals surface area (Å²) < 4.78 is 31.5. The van der Waals surface area contributed by atoms with Gasteiger partial charge in [0.25, 0.3) is 5.91 Å². The van der Waals surface area contributed by atoms with Crippen LogP contribution in [0.5, 0.6) is 11.5 Å². The van der Waals surface area contributed by atoms with Gasteiger partial charge in [-0.3, -0.25) is 4.79 Å². The van der Waals surface area contributed by atoms with Gasteiger partial charge in [0.05, 0.1) is 12.2 Å². The molecule has 2 aromatic carbocycles. The van der Waals surface area contributed by atoms with E-state index >= 15 is 0 Å². The fourth-order valence-electron chi connectivity index (χ4n) is 1.75. The molecular weight excluding hydrogens is 280 g/mol. The van der Waals surface area contributed by atoms with Crippen LogP contribution < -0.4 is 10.1 Å². The monoisotopic (exact) mass is 293 g/mol. The first kappa shape index (κ1) is 14.8. The fraction of sp³-hybridized carbons (Fsp3) is 0.133. The lowest BCUT2D eigenvalue weighted by Gasteiger charge is -2.09. The minimum atomic E-state index is -0.670. The Morgan fingerprint density at radius 3 is 2.62 bits per heavy atom. The number of phenols is 1. The summed E-state index contributed by atoms with van der Waals surface area (Å²) in [6.45, 7) is 2.05. The fourth-order valence-corrected chi connectivity index (χ4v) is 1.75. The number of rotatable bonds is 4. The smallest absolute Gasteiger partial charge is 0.259 e. The largest absolute Gasteiger partial charge is 0.507 e. The normalized spacial score (nSPS) is 10.2. The summed E-state index contributed by atoms with van der Waals surface area (Å²) in [7, 11) is 0. The summed E-state index contributed by atoms with van der Waals surface area (Å²) in [6, 6.07) is 6.97. The van der Waals surface area contributed by atoms with Crippen molar-refractivity contribution in [1.29, 1.82) is 0 Å². The van der Waals surface area contributed by atoms with E-state index in [0.29, 0.717) is 6.61 Å². The number of nitrogens with one attached hydrogen (secondary N) is 1. The molecule has 0 spiro atoms. The van der Waals surface area contributed by atoms with Crippen molar-refractivity contribution in [3.63, 3.8) is 0 Å². The van der Waals surface area contributed by atoms with Crippen molar-refractivity contribution in [2.45, 2.75) is 6.92 Å². The van der Waals surface area contributed by atoms with E-state index in [1.807, 2.05) is 0 Å². The summed E-state index contributed by atoms with van der Waals surface area (Å²) >= 11 is 0. The summed E-state index contributed by atoms with van der Waals surface area (Å²) in [6.07, 6.45) is 0. The standard InChI is InChI=1S/C15H13F2NO3/c1-2-21-14-6-4-10(8-12(14)17)18-15(20)11-5-3-9(16)7-13(11)19/h3-8,19H,2H2,1H3,(H,18,20). The summed E-state index contributed by atoms with van der Waals surface area (Å²) in [5.74, 6) is -2.34. The van der Waals surface area contributed by atoms with E-state index in [1.54, 1.807) is 6.92 Å². The predicted octanol–water partition coefficient (Wildman–Crippen LogP) is 3.32. The highest BCUT2D eigenvalue weighted by Crippen LogP contribution is 2.23. The van der Waals surface area contributed by atoms with Crippen molar-refractivity contribution in [3.8, 4) is 11.5 Å². The van der Waals surface area contributed by atoms with Gasteiger partial charge >= 0.3 is 0 Å². The number of aromatic hydroxyl groups is 1. The lowest BCUT2D eigenvalue weighted by Crippen LogP contribution is -2.12. The van der Waals surface area contributed by atoms with Gasteiger partial charge in [-0.15, -0.1) is 0 Å². The van der Waals surface area contributed by atoms with Gasteiger partial charge in [-0.05, 0) is 31.2 Å². The molecule has 4 nitrogen and oxygen atoms in total. The molecule has 0 radical (unpaired) electrons. The molecule has 0 aliphatic rings. The number of carbonyl (C=O) groups is 1. The number of carbonyl (C=O) groups excluding carboxylic acids is 1. The second kappa shape index (κ2) is 6.21. The van der Waals surface area contributed by atoms with Crippen LogP contribution in [0.4, 0.5) is 14.5 Å². The molecule has 2 N–H and O–H groups in total. The first-order valence-corrected chi connectivity index (χ1v) is 6.23. The van der Waals surface area contributed by atoms with Crippen molar-refractivity contribution in [2.75, 3.05) is 11.9 Å². The first-order chi connectivity index (χ1) is 10.0. The molecule has 21 heavy (non-hydrogen) atoms. The van der Waals surface area contributed by atoms with E-state index in [9.17, 15) is 18.7 Å². The number of benzene rings is 2. The highest BCUT2D eigenvalue weighted by atomic mass is 19.1. The van der Waals surface area contributed by atoms with Crippen LogP contribution in [0.15, 0.2) is 36.4 Å². The molecule has 2 aromatic rings. The zero-order valence-electron chi connectivity index (χ0n) is 11.2. The maximum Gasteiger partial charge on any atom is 0.259 e. The molecule has 0 saturated carbocycles. The van der Waals surface area contributed by atoms with Gasteiger partial charge in [0, 0.05) is 17.8 Å². The van der Waals surface area contributed by atoms with E-state index in [0.717, 1.165) is 24.3 Å². The molecule has 0 aliphatic heterocycles. The Hall–Kier alpha value is -2.63. The van der Waals surface area contributed by atoms with Crippen LogP contribution >= 0.6 is 0 Å². The number of amides is 1. The third-order valence-corrected chi connectivity index (χ3v) is 2.69. The zero-order valence-corrected chi connectivity index (χ0v) is 11.2. The van der Waals surface area contributed by atoms with Gasteiger partial charge < -0.3 is 15.2 Å². The van der Waals surface area contributed by atoms with Gasteiger partial charge in [0.1, 0.15) is 11.6 Å². The number of halogens is 2. The maximum atomic E-state index is 13.6. The molecule has 1 amide bonds. The van der Waals surface area contributed by atoms with Crippen molar-refractivity contribution in [1.82, 2.24) is 0 Å². The van der Waals surface area contributed by atoms with Crippen LogP contribution in [0, 0.1) is 11.6 Å². The molecule has 0 unspecified atom stereocenters. The Balaban J connectivity index is 2.17. The van der Waals surface area contributed by atoms with Gasteiger partial charge in [-0.1, -0.05) is 0 Å². The van der Waals surface area contributed by atoms with E-state index in [-0.39, 0.29) is 17.0 Å². The topological polar surface area (TPSA) is 58.6 Å². The second-order valence-electron chi connectivity index (χ2n) is 4.19. The van der Waals surface area contributed by atoms with Gasteiger partial charge in [-0.25, -0.2) is 8.78 Å². The summed E-state index contributed by atoms with van der Waals surface area (Å²) in [4.78, 5) is 11.9. The zero-order chi connectivity index (χ0) is 15.4. The maximum absolute atomic E-state index is 13.6. The first-order valence-electron chi connectivity index (χ1n) is 6.23. The molecular formula is C15H13F2NO3. The van der Waals surface area contributed by atoms with E-state index in [1.165, 1.54) is 12.1 Å². The Bertz CT molecular complexity index is 674. The Kier molecular flexibility index (Phi) is 4.37. The van der Waals surface area contributed by atoms with Crippen LogP contribution in [0.1, 0.15) is 17.3 Å². The summed E-state index contributed by atoms with van der Waals surface area (Å²) in [5.41, 5.74) is 0.0929. The lowest BCUT2D eigenvalue weighted by molar-refractivity contribution is 0.102. The van der Waals surface area contributed by atoms with Crippen molar-refractivity contribution >= 4 is 11.6 Å². The number of hydrogen-bond acceptors (Lipinski definition) is 3. The molecule has 0 atom stereocenters. The van der Waals surface area contributed by atoms with Crippen LogP contribution in [-0.4, -0.2) is 17.6 Å². The highest BCUT2D eigenvalue weighted by Gasteiger charge is 2.13. The predicted molar refractivity (Wildman–Crippen MR) is 73.6 cm³/mol.